The molecule has 7 nitrogen and oxygen atoms in total. The number of rotatable bonds is 7. The number of urea groups is 1. The summed E-state index contributed by atoms with van der Waals surface area (Å²) in [5.41, 5.74) is 0. The third-order valence-corrected chi connectivity index (χ3v) is 2.45. The second kappa shape index (κ2) is 7.86. The average molecular weight is 248 g/mol. The summed E-state index contributed by atoms with van der Waals surface area (Å²) in [5.74, 6) is -1.11. The monoisotopic (exact) mass is 248 g/mol. The molecule has 0 aliphatic heterocycles. The van der Waals surface area contributed by atoms with Gasteiger partial charge in [-0.2, -0.15) is 0 Å². The van der Waals surface area contributed by atoms with Crippen molar-refractivity contribution in [3.63, 3.8) is 0 Å². The van der Waals surface area contributed by atoms with Crippen LogP contribution < -0.4 is 5.32 Å². The summed E-state index contributed by atoms with van der Waals surface area (Å²) in [6.45, 7) is 1.72. The maximum atomic E-state index is 11.6. The molecule has 0 saturated carbocycles. The Morgan fingerprint density at radius 1 is 1.47 bits per heavy atom. The number of nitrogens with zero attached hydrogens (tertiary/aromatic N) is 1. The van der Waals surface area contributed by atoms with Crippen LogP contribution in [0.3, 0.4) is 0 Å². The molecule has 17 heavy (non-hydrogen) atoms. The number of aliphatic carboxylic acids is 1. The van der Waals surface area contributed by atoms with Crippen LogP contribution in [-0.4, -0.2) is 66.6 Å². The molecule has 2 amide bonds. The molecule has 0 aromatic heterocycles. The van der Waals surface area contributed by atoms with Crippen molar-refractivity contribution in [2.24, 2.45) is 0 Å². The normalized spacial score (nSPS) is 13.9. The number of amides is 2. The molecule has 0 aromatic rings. The molecule has 0 fully saturated rings. The van der Waals surface area contributed by atoms with Crippen molar-refractivity contribution in [3.05, 3.63) is 0 Å². The fraction of sp³-hybridized carbons (Fsp3) is 0.800. The maximum Gasteiger partial charge on any atom is 0.326 e. The Kier molecular flexibility index (Phi) is 7.24. The van der Waals surface area contributed by atoms with E-state index in [1.54, 1.807) is 6.92 Å². The first-order valence-corrected chi connectivity index (χ1v) is 5.30. The number of carbonyl (C=O) groups excluding carboxylic acids is 1. The fourth-order valence-electron chi connectivity index (χ4n) is 1.07. The van der Waals surface area contributed by atoms with E-state index >= 15 is 0 Å². The van der Waals surface area contributed by atoms with E-state index < -0.39 is 18.0 Å². The predicted molar refractivity (Wildman–Crippen MR) is 60.8 cm³/mol. The van der Waals surface area contributed by atoms with Gasteiger partial charge >= 0.3 is 12.0 Å². The van der Waals surface area contributed by atoms with Crippen LogP contribution in [0.25, 0.3) is 0 Å². The summed E-state index contributed by atoms with van der Waals surface area (Å²) < 4.78 is 4.76. The highest BCUT2D eigenvalue weighted by Gasteiger charge is 2.23. The minimum Gasteiger partial charge on any atom is -0.480 e. The van der Waals surface area contributed by atoms with Gasteiger partial charge in [0, 0.05) is 27.2 Å². The summed E-state index contributed by atoms with van der Waals surface area (Å²) in [5, 5.41) is 20.1. The summed E-state index contributed by atoms with van der Waals surface area (Å²) in [6, 6.07) is -1.89. The Hall–Kier alpha value is -1.34. The number of hydrogen-bond acceptors (Lipinski definition) is 4. The number of nitrogens with one attached hydrogen (secondary N) is 1. The Morgan fingerprint density at radius 3 is 2.47 bits per heavy atom. The van der Waals surface area contributed by atoms with Crippen LogP contribution in [0.2, 0.25) is 0 Å². The molecule has 0 aromatic carbocycles. The lowest BCUT2D eigenvalue weighted by Crippen LogP contribution is -2.50. The lowest BCUT2D eigenvalue weighted by atomic mass is 10.2. The Bertz CT molecular complexity index is 259. The number of carbonyl (C=O) groups is 2. The molecule has 0 spiro atoms. The van der Waals surface area contributed by atoms with E-state index in [1.165, 1.54) is 19.1 Å². The summed E-state index contributed by atoms with van der Waals surface area (Å²) in [7, 11) is 2.95. The molecule has 0 bridgehead atoms. The van der Waals surface area contributed by atoms with E-state index in [0.717, 1.165) is 0 Å². The summed E-state index contributed by atoms with van der Waals surface area (Å²) in [6.07, 6.45) is 0.193. The third kappa shape index (κ3) is 5.50. The van der Waals surface area contributed by atoms with E-state index in [9.17, 15) is 9.59 Å². The van der Waals surface area contributed by atoms with E-state index in [1.807, 2.05) is 0 Å². The number of likely N-dealkylation sites (N-methyl/N-ethyl adjacent to an activating group) is 1. The van der Waals surface area contributed by atoms with Gasteiger partial charge in [0.05, 0.1) is 12.6 Å². The first kappa shape index (κ1) is 15.7. The quantitative estimate of drug-likeness (QED) is 0.564. The Morgan fingerprint density at radius 2 is 2.06 bits per heavy atom. The van der Waals surface area contributed by atoms with Crippen molar-refractivity contribution in [2.75, 3.05) is 27.4 Å². The van der Waals surface area contributed by atoms with Crippen molar-refractivity contribution in [3.8, 4) is 0 Å². The highest BCUT2D eigenvalue weighted by molar-refractivity contribution is 5.82. The highest BCUT2D eigenvalue weighted by Crippen LogP contribution is 1.99. The number of aliphatic hydroxyl groups is 1. The van der Waals surface area contributed by atoms with Crippen LogP contribution in [0, 0.1) is 0 Å². The summed E-state index contributed by atoms with van der Waals surface area (Å²) >= 11 is 0. The standard InChI is InChI=1S/C10H20N2O5/c1-7(6-13)12(2)10(16)11-8(9(14)15)4-5-17-3/h7-8,13H,4-6H2,1-3H3,(H,11,16)(H,14,15). The van der Waals surface area contributed by atoms with Gasteiger partial charge < -0.3 is 25.2 Å². The van der Waals surface area contributed by atoms with Crippen LogP contribution in [-0.2, 0) is 9.53 Å². The largest absolute Gasteiger partial charge is 0.480 e. The number of hydrogen-bond donors (Lipinski definition) is 3. The molecule has 3 N–H and O–H groups in total. The second-order valence-electron chi connectivity index (χ2n) is 3.76. The van der Waals surface area contributed by atoms with Crippen LogP contribution in [0.4, 0.5) is 4.79 Å². The zero-order valence-electron chi connectivity index (χ0n) is 10.3. The maximum absolute atomic E-state index is 11.6. The van der Waals surface area contributed by atoms with Gasteiger partial charge in [-0.3, -0.25) is 0 Å². The van der Waals surface area contributed by atoms with Crippen molar-refractivity contribution in [2.45, 2.75) is 25.4 Å². The predicted octanol–water partition coefficient (Wildman–Crippen LogP) is -0.502. The molecule has 2 atom stereocenters. The highest BCUT2D eigenvalue weighted by atomic mass is 16.5. The fourth-order valence-corrected chi connectivity index (χ4v) is 1.07. The molecular formula is C10H20N2O5. The van der Waals surface area contributed by atoms with E-state index in [2.05, 4.69) is 5.32 Å². The van der Waals surface area contributed by atoms with Crippen molar-refractivity contribution >= 4 is 12.0 Å². The van der Waals surface area contributed by atoms with Gasteiger partial charge in [-0.25, -0.2) is 9.59 Å². The minimum absolute atomic E-state index is 0.181. The van der Waals surface area contributed by atoms with E-state index in [-0.39, 0.29) is 25.7 Å². The van der Waals surface area contributed by atoms with Gasteiger partial charge in [0.25, 0.3) is 0 Å². The van der Waals surface area contributed by atoms with Gasteiger partial charge in [0.2, 0.25) is 0 Å². The molecule has 7 heteroatoms. The van der Waals surface area contributed by atoms with E-state index in [4.69, 9.17) is 14.9 Å². The number of methoxy groups -OCH3 is 1. The van der Waals surface area contributed by atoms with Crippen molar-refractivity contribution < 1.29 is 24.5 Å². The lowest BCUT2D eigenvalue weighted by molar-refractivity contribution is -0.139. The topological polar surface area (TPSA) is 99.1 Å². The van der Waals surface area contributed by atoms with Gasteiger partial charge in [-0.15, -0.1) is 0 Å². The van der Waals surface area contributed by atoms with Gasteiger partial charge in [-0.05, 0) is 6.92 Å². The lowest BCUT2D eigenvalue weighted by Gasteiger charge is -2.25. The van der Waals surface area contributed by atoms with Gasteiger partial charge in [0.1, 0.15) is 6.04 Å². The third-order valence-electron chi connectivity index (χ3n) is 2.45. The first-order valence-electron chi connectivity index (χ1n) is 5.30. The molecule has 100 valence electrons. The van der Waals surface area contributed by atoms with Crippen molar-refractivity contribution in [1.29, 1.82) is 0 Å². The van der Waals surface area contributed by atoms with Crippen LogP contribution in [0.1, 0.15) is 13.3 Å². The van der Waals surface area contributed by atoms with E-state index in [0.29, 0.717) is 0 Å². The number of aliphatic hydroxyl groups excluding tert-OH is 1. The molecule has 0 heterocycles. The average Bonchev–Trinajstić information content (AvgIpc) is 2.31. The number of carboxylic acid groups (broad SMARTS) is 1. The molecular weight excluding hydrogens is 228 g/mol. The van der Waals surface area contributed by atoms with Gasteiger partial charge in [-0.1, -0.05) is 0 Å². The zero-order chi connectivity index (χ0) is 13.4. The van der Waals surface area contributed by atoms with Crippen molar-refractivity contribution in [1.82, 2.24) is 10.2 Å². The molecule has 0 aliphatic rings. The van der Waals surface area contributed by atoms with Crippen LogP contribution in [0.5, 0.6) is 0 Å². The first-order chi connectivity index (χ1) is 7.93. The molecule has 0 saturated heterocycles. The molecule has 0 radical (unpaired) electrons. The number of ether oxygens (including phenoxy) is 1. The van der Waals surface area contributed by atoms with Crippen LogP contribution in [0.15, 0.2) is 0 Å². The molecule has 0 aliphatic carbocycles. The second-order valence-corrected chi connectivity index (χ2v) is 3.76. The number of carboxylic acids is 1. The molecule has 0 rings (SSSR count). The van der Waals surface area contributed by atoms with Crippen LogP contribution >= 0.6 is 0 Å². The minimum atomic E-state index is -1.11. The zero-order valence-corrected chi connectivity index (χ0v) is 10.3. The van der Waals surface area contributed by atoms with Gasteiger partial charge in [0.15, 0.2) is 0 Å². The SMILES string of the molecule is COCCC(NC(=O)N(C)C(C)CO)C(=O)O. The Balaban J connectivity index is 4.34. The summed E-state index contributed by atoms with van der Waals surface area (Å²) in [4.78, 5) is 23.7. The smallest absolute Gasteiger partial charge is 0.326 e. The molecule has 2 unspecified atom stereocenters. The Labute approximate surface area is 100 Å².